The summed E-state index contributed by atoms with van der Waals surface area (Å²) >= 11 is 0. The third-order valence-electron chi connectivity index (χ3n) is 3.44. The minimum absolute atomic E-state index is 0. The molecule has 88 valence electrons. The maximum Gasteiger partial charge on any atom is 1.00 e. The van der Waals surface area contributed by atoms with Crippen LogP contribution in [0.3, 0.4) is 0 Å². The molecule has 0 heterocycles. The van der Waals surface area contributed by atoms with Gasteiger partial charge in [0.25, 0.3) is 0 Å². The molecule has 0 amide bonds. The summed E-state index contributed by atoms with van der Waals surface area (Å²) in [5.41, 5.74) is 0. The van der Waals surface area contributed by atoms with Gasteiger partial charge in [-0.2, -0.15) is 0 Å². The molecule has 1 aliphatic rings. The smallest absolute Gasteiger partial charge is 0.550 e. The minimum atomic E-state index is -0.827. The Labute approximate surface area is 121 Å². The average molecular weight is 234 g/mol. The molecule has 1 rings (SSSR count). The molecule has 0 aromatic heterocycles. The number of carboxylic acid groups (broad SMARTS) is 1. The molecule has 0 aliphatic heterocycles. The Morgan fingerprint density at radius 2 is 1.06 bits per heavy atom. The molecule has 1 saturated carbocycles. The molecule has 0 atom stereocenters. The van der Waals surface area contributed by atoms with Crippen LogP contribution in [0.25, 0.3) is 0 Å². The van der Waals surface area contributed by atoms with Gasteiger partial charge in [0.05, 0.1) is 0 Å². The van der Waals surface area contributed by atoms with Crippen LogP contribution < -0.4 is 34.7 Å². The molecule has 0 spiro atoms. The van der Waals surface area contributed by atoms with Gasteiger partial charge in [0.1, 0.15) is 0 Å². The van der Waals surface area contributed by atoms with Crippen LogP contribution in [0.15, 0.2) is 0 Å². The Bertz CT molecular complexity index is 171. The van der Waals surface area contributed by atoms with Crippen LogP contribution in [-0.4, -0.2) is 5.97 Å². The van der Waals surface area contributed by atoms with Gasteiger partial charge >= 0.3 is 29.6 Å². The number of rotatable bonds is 1. The van der Waals surface area contributed by atoms with E-state index >= 15 is 0 Å². The second-order valence-electron chi connectivity index (χ2n) is 4.78. The van der Waals surface area contributed by atoms with E-state index in [9.17, 15) is 9.90 Å². The normalized spacial score (nSPS) is 21.2. The van der Waals surface area contributed by atoms with E-state index in [0.717, 1.165) is 25.7 Å². The number of carbonyl (C=O) groups is 1. The first-order valence-electron chi connectivity index (χ1n) is 6.51. The minimum Gasteiger partial charge on any atom is -0.550 e. The molecule has 1 aliphatic carbocycles. The Morgan fingerprint density at radius 1 is 0.750 bits per heavy atom. The maximum atomic E-state index is 10.9. The van der Waals surface area contributed by atoms with E-state index in [1.807, 2.05) is 0 Å². The summed E-state index contributed by atoms with van der Waals surface area (Å²) in [6.07, 6.45) is 12.8. The van der Waals surface area contributed by atoms with Crippen LogP contribution in [0, 0.1) is 5.92 Å². The van der Waals surface area contributed by atoms with E-state index in [2.05, 4.69) is 0 Å². The summed E-state index contributed by atoms with van der Waals surface area (Å²) in [7, 11) is 0. The summed E-state index contributed by atoms with van der Waals surface area (Å²) in [6.45, 7) is 0. The van der Waals surface area contributed by atoms with Crippen LogP contribution in [-0.2, 0) is 4.79 Å². The summed E-state index contributed by atoms with van der Waals surface area (Å²) in [6, 6.07) is 0. The van der Waals surface area contributed by atoms with Crippen molar-refractivity contribution in [1.29, 1.82) is 0 Å². The Hall–Kier alpha value is 0.470. The first-order chi connectivity index (χ1) is 7.30. The summed E-state index contributed by atoms with van der Waals surface area (Å²) < 4.78 is 0. The van der Waals surface area contributed by atoms with Gasteiger partial charge in [-0.25, -0.2) is 0 Å². The SMILES string of the molecule is O=C([O-])C1CCCCCCCCCCC1.[Na+]. The van der Waals surface area contributed by atoms with Gasteiger partial charge in [0.15, 0.2) is 0 Å². The van der Waals surface area contributed by atoms with Gasteiger partial charge in [0, 0.05) is 5.97 Å². The third-order valence-corrected chi connectivity index (χ3v) is 3.44. The van der Waals surface area contributed by atoms with Crippen molar-refractivity contribution in [2.75, 3.05) is 0 Å². The first kappa shape index (κ1) is 16.5. The zero-order valence-electron chi connectivity index (χ0n) is 10.7. The predicted molar refractivity (Wildman–Crippen MR) is 59.3 cm³/mol. The van der Waals surface area contributed by atoms with Crippen molar-refractivity contribution >= 4 is 5.97 Å². The third kappa shape index (κ3) is 7.70. The van der Waals surface area contributed by atoms with Gasteiger partial charge in [-0.3, -0.25) is 0 Å². The molecule has 0 saturated heterocycles. The van der Waals surface area contributed by atoms with E-state index in [-0.39, 0.29) is 35.5 Å². The molecule has 0 bridgehead atoms. The maximum absolute atomic E-state index is 10.9. The van der Waals surface area contributed by atoms with Crippen LogP contribution in [0.2, 0.25) is 0 Å². The largest absolute Gasteiger partial charge is 1.00 e. The van der Waals surface area contributed by atoms with Crippen molar-refractivity contribution in [2.24, 2.45) is 5.92 Å². The molecule has 0 aromatic carbocycles. The quantitative estimate of drug-likeness (QED) is 0.582. The second-order valence-corrected chi connectivity index (χ2v) is 4.78. The Kier molecular flexibility index (Phi) is 10.9. The van der Waals surface area contributed by atoms with Gasteiger partial charge in [-0.05, 0) is 18.8 Å². The average Bonchev–Trinajstić information content (AvgIpc) is 2.18. The van der Waals surface area contributed by atoms with Crippen molar-refractivity contribution < 1.29 is 39.5 Å². The molecule has 2 nitrogen and oxygen atoms in total. The summed E-state index contributed by atoms with van der Waals surface area (Å²) in [4.78, 5) is 10.9. The number of carboxylic acids is 1. The van der Waals surface area contributed by atoms with Crippen molar-refractivity contribution in [2.45, 2.75) is 70.6 Å². The molecular weight excluding hydrogens is 211 g/mol. The molecule has 0 aromatic rings. The van der Waals surface area contributed by atoms with E-state index < -0.39 is 5.97 Å². The molecule has 3 heteroatoms. The van der Waals surface area contributed by atoms with Gasteiger partial charge < -0.3 is 9.90 Å². The monoisotopic (exact) mass is 234 g/mol. The van der Waals surface area contributed by atoms with Gasteiger partial charge in [0.2, 0.25) is 0 Å². The summed E-state index contributed by atoms with van der Waals surface area (Å²) in [5.74, 6) is -1.00. The number of hydrogen-bond donors (Lipinski definition) is 0. The van der Waals surface area contributed by atoms with Crippen LogP contribution in [0.4, 0.5) is 0 Å². The molecule has 16 heavy (non-hydrogen) atoms. The fraction of sp³-hybridized carbons (Fsp3) is 0.923. The van der Waals surface area contributed by atoms with E-state index in [4.69, 9.17) is 0 Å². The molecule has 0 radical (unpaired) electrons. The second kappa shape index (κ2) is 10.6. The topological polar surface area (TPSA) is 40.1 Å². The van der Waals surface area contributed by atoms with Crippen molar-refractivity contribution in [3.8, 4) is 0 Å². The number of hydrogen-bond acceptors (Lipinski definition) is 2. The predicted octanol–water partition coefficient (Wildman–Crippen LogP) is -0.339. The van der Waals surface area contributed by atoms with Crippen molar-refractivity contribution in [1.82, 2.24) is 0 Å². The zero-order chi connectivity index (χ0) is 10.9. The van der Waals surface area contributed by atoms with Crippen LogP contribution >= 0.6 is 0 Å². The van der Waals surface area contributed by atoms with Gasteiger partial charge in [-0.1, -0.05) is 57.8 Å². The molecule has 1 fully saturated rings. The van der Waals surface area contributed by atoms with E-state index in [1.54, 1.807) is 0 Å². The fourth-order valence-electron chi connectivity index (χ4n) is 2.40. The van der Waals surface area contributed by atoms with Crippen LogP contribution in [0.5, 0.6) is 0 Å². The fourth-order valence-corrected chi connectivity index (χ4v) is 2.40. The van der Waals surface area contributed by atoms with E-state index in [1.165, 1.54) is 44.9 Å². The molecule has 0 N–H and O–H groups in total. The van der Waals surface area contributed by atoms with Crippen molar-refractivity contribution in [3.63, 3.8) is 0 Å². The van der Waals surface area contributed by atoms with Crippen LogP contribution in [0.1, 0.15) is 70.6 Å². The zero-order valence-corrected chi connectivity index (χ0v) is 12.7. The van der Waals surface area contributed by atoms with Crippen molar-refractivity contribution in [3.05, 3.63) is 0 Å². The number of carbonyl (C=O) groups excluding carboxylic acids is 1. The Morgan fingerprint density at radius 3 is 1.38 bits per heavy atom. The van der Waals surface area contributed by atoms with E-state index in [0.29, 0.717) is 0 Å². The standard InChI is InChI=1S/C13H24O2.Na/c14-13(15)12-10-8-6-4-2-1-3-5-7-9-11-12;/h12H,1-11H2,(H,14,15);/q;+1/p-1. The molecular formula is C13H23NaO2. The Balaban J connectivity index is 0.00000225. The summed E-state index contributed by atoms with van der Waals surface area (Å²) in [5, 5.41) is 10.9. The molecule has 0 unspecified atom stereocenters. The first-order valence-corrected chi connectivity index (χ1v) is 6.51. The van der Waals surface area contributed by atoms with Gasteiger partial charge in [-0.15, -0.1) is 0 Å². The number of aliphatic carboxylic acids is 1.